The van der Waals surface area contributed by atoms with E-state index < -0.39 is 0 Å². The van der Waals surface area contributed by atoms with E-state index in [0.717, 1.165) is 36.9 Å². The molecule has 2 unspecified atom stereocenters. The van der Waals surface area contributed by atoms with Gasteiger partial charge in [0.1, 0.15) is 0 Å². The van der Waals surface area contributed by atoms with Crippen LogP contribution in [0.1, 0.15) is 45.1 Å². The molecule has 2 rings (SSSR count). The first-order chi connectivity index (χ1) is 9.63. The Labute approximate surface area is 128 Å². The minimum absolute atomic E-state index is 0.238. The fourth-order valence-corrected chi connectivity index (χ4v) is 3.21. The molecular weight excluding hydrogens is 268 g/mol. The van der Waals surface area contributed by atoms with E-state index in [1.54, 1.807) is 0 Å². The summed E-state index contributed by atoms with van der Waals surface area (Å²) in [6, 6.07) is 6.51. The quantitative estimate of drug-likeness (QED) is 0.880. The van der Waals surface area contributed by atoms with Crippen molar-refractivity contribution in [2.45, 2.75) is 52.0 Å². The fraction of sp³-hybridized carbons (Fsp3) is 0.647. The molecule has 1 aliphatic heterocycles. The largest absolute Gasteiger partial charge is 0.371 e. The van der Waals surface area contributed by atoms with Gasteiger partial charge >= 0.3 is 0 Å². The summed E-state index contributed by atoms with van der Waals surface area (Å²) in [5, 5.41) is 0.826. The minimum atomic E-state index is 0.238. The maximum Gasteiger partial charge on any atom is 0.0426 e. The molecule has 0 aliphatic carbocycles. The first kappa shape index (κ1) is 15.7. The molecule has 1 heterocycles. The summed E-state index contributed by atoms with van der Waals surface area (Å²) < 4.78 is 0. The van der Waals surface area contributed by atoms with Crippen molar-refractivity contribution in [1.29, 1.82) is 0 Å². The summed E-state index contributed by atoms with van der Waals surface area (Å²) in [7, 11) is 0. The van der Waals surface area contributed by atoms with E-state index in [9.17, 15) is 0 Å². The van der Waals surface area contributed by atoms with E-state index in [2.05, 4.69) is 30.9 Å². The van der Waals surface area contributed by atoms with E-state index >= 15 is 0 Å². The Balaban J connectivity index is 2.21. The van der Waals surface area contributed by atoms with E-state index in [4.69, 9.17) is 17.3 Å². The summed E-state index contributed by atoms with van der Waals surface area (Å²) >= 11 is 6.22. The number of nitrogens with two attached hydrogens (primary N) is 1. The van der Waals surface area contributed by atoms with Crippen molar-refractivity contribution in [3.8, 4) is 0 Å². The highest BCUT2D eigenvalue weighted by Gasteiger charge is 2.21. The number of anilines is 1. The molecule has 0 saturated carbocycles. The summed E-state index contributed by atoms with van der Waals surface area (Å²) in [5.41, 5.74) is 8.80. The van der Waals surface area contributed by atoms with Gasteiger partial charge in [0.2, 0.25) is 0 Å². The smallest absolute Gasteiger partial charge is 0.0426 e. The summed E-state index contributed by atoms with van der Waals surface area (Å²) in [4.78, 5) is 2.52. The molecule has 0 radical (unpaired) electrons. The van der Waals surface area contributed by atoms with Crippen molar-refractivity contribution in [2.75, 3.05) is 18.0 Å². The molecule has 1 aliphatic rings. The fourth-order valence-electron chi connectivity index (χ4n) is 3.05. The lowest BCUT2D eigenvalue weighted by Gasteiger charge is -2.35. The molecular formula is C17H27ClN2. The van der Waals surface area contributed by atoms with Gasteiger partial charge in [-0.25, -0.2) is 0 Å². The normalized spacial score (nSPS) is 21.0. The van der Waals surface area contributed by atoms with Crippen molar-refractivity contribution in [3.05, 3.63) is 28.8 Å². The minimum Gasteiger partial charge on any atom is -0.371 e. The third kappa shape index (κ3) is 3.89. The van der Waals surface area contributed by atoms with Gasteiger partial charge in [0.25, 0.3) is 0 Å². The second kappa shape index (κ2) is 7.33. The van der Waals surface area contributed by atoms with Gasteiger partial charge < -0.3 is 10.6 Å². The average Bonchev–Trinajstić information content (AvgIpc) is 2.49. The van der Waals surface area contributed by atoms with Crippen molar-refractivity contribution in [3.63, 3.8) is 0 Å². The second-order valence-electron chi connectivity index (χ2n) is 6.01. The molecule has 1 saturated heterocycles. The lowest BCUT2D eigenvalue weighted by atomic mass is 9.94. The van der Waals surface area contributed by atoms with E-state index in [1.165, 1.54) is 30.5 Å². The Morgan fingerprint density at radius 3 is 2.90 bits per heavy atom. The van der Waals surface area contributed by atoms with Crippen LogP contribution in [-0.2, 0) is 6.42 Å². The zero-order chi connectivity index (χ0) is 14.5. The van der Waals surface area contributed by atoms with Crippen LogP contribution in [0.4, 0.5) is 5.69 Å². The Morgan fingerprint density at radius 1 is 1.40 bits per heavy atom. The molecule has 0 aromatic heterocycles. The zero-order valence-electron chi connectivity index (χ0n) is 12.7. The van der Waals surface area contributed by atoms with Gasteiger partial charge in [0.05, 0.1) is 0 Å². The summed E-state index contributed by atoms with van der Waals surface area (Å²) in [6.07, 6.45) is 5.86. The van der Waals surface area contributed by atoms with Gasteiger partial charge in [-0.05, 0) is 49.3 Å². The second-order valence-corrected chi connectivity index (χ2v) is 6.44. The maximum absolute atomic E-state index is 6.22. The van der Waals surface area contributed by atoms with Crippen LogP contribution < -0.4 is 10.6 Å². The maximum atomic E-state index is 6.22. The van der Waals surface area contributed by atoms with Crippen molar-refractivity contribution in [2.24, 2.45) is 11.7 Å². The Morgan fingerprint density at radius 2 is 2.20 bits per heavy atom. The molecule has 0 amide bonds. The Kier molecular flexibility index (Phi) is 5.74. The summed E-state index contributed by atoms with van der Waals surface area (Å²) in [5.74, 6) is 0.815. The number of halogens is 1. The molecule has 2 nitrogen and oxygen atoms in total. The molecule has 112 valence electrons. The van der Waals surface area contributed by atoms with Crippen LogP contribution in [-0.4, -0.2) is 19.1 Å². The number of rotatable bonds is 5. The molecule has 1 fully saturated rings. The predicted octanol–water partition coefficient (Wildman–Crippen LogP) is 4.25. The molecule has 1 aromatic rings. The number of nitrogens with zero attached hydrogens (tertiary/aromatic N) is 1. The van der Waals surface area contributed by atoms with Crippen LogP contribution in [0.15, 0.2) is 18.2 Å². The molecule has 0 bridgehead atoms. The van der Waals surface area contributed by atoms with Crippen LogP contribution >= 0.6 is 11.6 Å². The van der Waals surface area contributed by atoms with Crippen molar-refractivity contribution in [1.82, 2.24) is 0 Å². The molecule has 2 atom stereocenters. The van der Waals surface area contributed by atoms with E-state index in [1.807, 2.05) is 6.07 Å². The molecule has 0 spiro atoms. The standard InChI is InChI=1S/C17H27ClN2/c1-3-13-6-5-9-20(12-13)17-11-15(18)8-7-14(17)10-16(19)4-2/h7-8,11,13,16H,3-6,9-10,12,19H2,1-2H3. The third-order valence-electron chi connectivity index (χ3n) is 4.49. The number of piperidine rings is 1. The first-order valence-corrected chi connectivity index (χ1v) is 8.30. The Hall–Kier alpha value is -0.730. The van der Waals surface area contributed by atoms with Gasteiger partial charge in [0, 0.05) is 29.8 Å². The van der Waals surface area contributed by atoms with Crippen LogP contribution in [0, 0.1) is 5.92 Å². The van der Waals surface area contributed by atoms with Crippen LogP contribution in [0.5, 0.6) is 0 Å². The zero-order valence-corrected chi connectivity index (χ0v) is 13.5. The van der Waals surface area contributed by atoms with E-state index in [-0.39, 0.29) is 6.04 Å². The molecule has 3 heteroatoms. The third-order valence-corrected chi connectivity index (χ3v) is 4.73. The molecule has 1 aromatic carbocycles. The summed E-state index contributed by atoms with van der Waals surface area (Å²) in [6.45, 7) is 6.74. The van der Waals surface area contributed by atoms with Crippen molar-refractivity contribution >= 4 is 17.3 Å². The number of hydrogen-bond acceptors (Lipinski definition) is 2. The lowest BCUT2D eigenvalue weighted by Crippen LogP contribution is -2.36. The molecule has 20 heavy (non-hydrogen) atoms. The van der Waals surface area contributed by atoms with Gasteiger partial charge in [-0.1, -0.05) is 37.9 Å². The van der Waals surface area contributed by atoms with Crippen molar-refractivity contribution < 1.29 is 0 Å². The van der Waals surface area contributed by atoms with E-state index in [0.29, 0.717) is 0 Å². The van der Waals surface area contributed by atoms with Gasteiger partial charge in [-0.15, -0.1) is 0 Å². The van der Waals surface area contributed by atoms with Gasteiger partial charge in [-0.2, -0.15) is 0 Å². The SMILES string of the molecule is CCC(N)Cc1ccc(Cl)cc1N1CCCC(CC)C1. The predicted molar refractivity (Wildman–Crippen MR) is 88.7 cm³/mol. The first-order valence-electron chi connectivity index (χ1n) is 7.93. The number of benzene rings is 1. The monoisotopic (exact) mass is 294 g/mol. The van der Waals surface area contributed by atoms with Crippen LogP contribution in [0.25, 0.3) is 0 Å². The Bertz CT molecular complexity index is 433. The lowest BCUT2D eigenvalue weighted by molar-refractivity contribution is 0.404. The van der Waals surface area contributed by atoms with Gasteiger partial charge in [0.15, 0.2) is 0 Å². The van der Waals surface area contributed by atoms with Gasteiger partial charge in [-0.3, -0.25) is 0 Å². The topological polar surface area (TPSA) is 29.3 Å². The number of hydrogen-bond donors (Lipinski definition) is 1. The highest BCUT2D eigenvalue weighted by atomic mass is 35.5. The van der Waals surface area contributed by atoms with Crippen LogP contribution in [0.3, 0.4) is 0 Å². The van der Waals surface area contributed by atoms with Crippen LogP contribution in [0.2, 0.25) is 5.02 Å². The highest BCUT2D eigenvalue weighted by molar-refractivity contribution is 6.30. The average molecular weight is 295 g/mol. The highest BCUT2D eigenvalue weighted by Crippen LogP contribution is 2.30. The molecule has 2 N–H and O–H groups in total.